The third-order valence-electron chi connectivity index (χ3n) is 4.98. The highest BCUT2D eigenvalue weighted by Crippen LogP contribution is 2.24. The van der Waals surface area contributed by atoms with Gasteiger partial charge in [-0.3, -0.25) is 4.79 Å². The fraction of sp³-hybridized carbons (Fsp3) is 0.261. The molecule has 0 aliphatic carbocycles. The van der Waals surface area contributed by atoms with Gasteiger partial charge in [0.2, 0.25) is 0 Å². The predicted molar refractivity (Wildman–Crippen MR) is 119 cm³/mol. The highest BCUT2D eigenvalue weighted by atomic mass is 16.3. The van der Waals surface area contributed by atoms with Gasteiger partial charge in [-0.1, -0.05) is 13.0 Å². The molecule has 0 bridgehead atoms. The zero-order valence-corrected chi connectivity index (χ0v) is 17.8. The minimum atomic E-state index is -0.133. The van der Waals surface area contributed by atoms with Crippen molar-refractivity contribution < 1.29 is 9.90 Å². The molecule has 0 radical (unpaired) electrons. The Kier molecular flexibility index (Phi) is 6.54. The molecule has 32 heavy (non-hydrogen) atoms. The molecular formula is C23H25N7O2. The Balaban J connectivity index is 1.46. The molecule has 4 aromatic rings. The number of carbonyl (C=O) groups excluding carboxylic acids is 1. The van der Waals surface area contributed by atoms with Crippen molar-refractivity contribution in [2.45, 2.75) is 32.7 Å². The van der Waals surface area contributed by atoms with E-state index in [0.717, 1.165) is 30.6 Å². The van der Waals surface area contributed by atoms with Crippen LogP contribution in [0.2, 0.25) is 0 Å². The average molecular weight is 432 g/mol. The van der Waals surface area contributed by atoms with E-state index in [1.165, 1.54) is 0 Å². The van der Waals surface area contributed by atoms with Crippen LogP contribution in [0, 0.1) is 0 Å². The standard InChI is InChI=1S/C23H25N7O2/c1-2-21-27-22(17-8-10-20(31)11-9-17)30(28-21)19-7-5-6-18(16-19)23(32)24-12-3-4-15-29-25-13-14-26-29/h5-11,13-14,16,31H,2-4,12,15H2,1H3,(H,24,32). The van der Waals surface area contributed by atoms with E-state index in [-0.39, 0.29) is 11.7 Å². The molecule has 164 valence electrons. The molecule has 2 heterocycles. The van der Waals surface area contributed by atoms with Crippen LogP contribution in [0.25, 0.3) is 17.1 Å². The number of nitrogens with one attached hydrogen (secondary N) is 1. The van der Waals surface area contributed by atoms with Crippen molar-refractivity contribution in [3.05, 3.63) is 72.3 Å². The Morgan fingerprint density at radius 2 is 1.84 bits per heavy atom. The summed E-state index contributed by atoms with van der Waals surface area (Å²) in [7, 11) is 0. The number of hydrogen-bond acceptors (Lipinski definition) is 6. The Labute approximate surface area is 185 Å². The van der Waals surface area contributed by atoms with Gasteiger partial charge in [0.25, 0.3) is 5.91 Å². The maximum atomic E-state index is 12.7. The van der Waals surface area contributed by atoms with E-state index >= 15 is 0 Å². The summed E-state index contributed by atoms with van der Waals surface area (Å²) in [5.41, 5.74) is 2.13. The van der Waals surface area contributed by atoms with E-state index in [9.17, 15) is 9.90 Å². The molecule has 0 spiro atoms. The summed E-state index contributed by atoms with van der Waals surface area (Å²) in [6.07, 6.45) is 5.71. The van der Waals surface area contributed by atoms with Crippen LogP contribution in [-0.4, -0.2) is 47.3 Å². The van der Waals surface area contributed by atoms with Gasteiger partial charge in [-0.05, 0) is 55.3 Å². The zero-order chi connectivity index (χ0) is 22.3. The monoisotopic (exact) mass is 431 g/mol. The highest BCUT2D eigenvalue weighted by Gasteiger charge is 2.14. The normalized spacial score (nSPS) is 10.9. The lowest BCUT2D eigenvalue weighted by atomic mass is 10.1. The molecule has 0 saturated heterocycles. The van der Waals surface area contributed by atoms with Crippen molar-refractivity contribution in [1.29, 1.82) is 0 Å². The number of phenols is 1. The van der Waals surface area contributed by atoms with Crippen LogP contribution in [0.4, 0.5) is 0 Å². The van der Waals surface area contributed by atoms with E-state index in [1.54, 1.807) is 58.3 Å². The molecule has 2 aromatic heterocycles. The Hall–Kier alpha value is -4.01. The minimum Gasteiger partial charge on any atom is -0.508 e. The number of carbonyl (C=O) groups is 1. The highest BCUT2D eigenvalue weighted by molar-refractivity contribution is 5.94. The number of aryl methyl sites for hydroxylation is 2. The zero-order valence-electron chi connectivity index (χ0n) is 17.8. The number of aromatic nitrogens is 6. The van der Waals surface area contributed by atoms with Crippen LogP contribution >= 0.6 is 0 Å². The van der Waals surface area contributed by atoms with Crippen molar-refractivity contribution in [3.63, 3.8) is 0 Å². The number of hydrogen-bond donors (Lipinski definition) is 2. The number of benzene rings is 2. The van der Waals surface area contributed by atoms with Crippen LogP contribution in [0.15, 0.2) is 60.9 Å². The molecule has 9 heteroatoms. The number of phenolic OH excluding ortho intramolecular Hbond substituents is 1. The first-order valence-electron chi connectivity index (χ1n) is 10.6. The Morgan fingerprint density at radius 1 is 1.06 bits per heavy atom. The minimum absolute atomic E-state index is 0.133. The van der Waals surface area contributed by atoms with Crippen LogP contribution in [-0.2, 0) is 13.0 Å². The summed E-state index contributed by atoms with van der Waals surface area (Å²) in [6.45, 7) is 3.30. The first-order valence-corrected chi connectivity index (χ1v) is 10.6. The first kappa shape index (κ1) is 21.2. The maximum absolute atomic E-state index is 12.7. The molecule has 1 amide bonds. The molecule has 0 aliphatic heterocycles. The van der Waals surface area contributed by atoms with Gasteiger partial charge in [-0.15, -0.1) is 0 Å². The van der Waals surface area contributed by atoms with Crippen LogP contribution in [0.5, 0.6) is 5.75 Å². The topological polar surface area (TPSA) is 111 Å². The number of nitrogens with zero attached hydrogens (tertiary/aromatic N) is 6. The molecule has 2 aromatic carbocycles. The van der Waals surface area contributed by atoms with E-state index in [1.807, 2.05) is 19.1 Å². The van der Waals surface area contributed by atoms with Gasteiger partial charge >= 0.3 is 0 Å². The summed E-state index contributed by atoms with van der Waals surface area (Å²) in [6, 6.07) is 14.1. The molecule has 2 N–H and O–H groups in total. The second kappa shape index (κ2) is 9.86. The van der Waals surface area contributed by atoms with Gasteiger partial charge in [0.05, 0.1) is 24.6 Å². The summed E-state index contributed by atoms with van der Waals surface area (Å²) in [5.74, 6) is 1.42. The lowest BCUT2D eigenvalue weighted by Gasteiger charge is -2.09. The van der Waals surface area contributed by atoms with Crippen molar-refractivity contribution in [2.75, 3.05) is 6.54 Å². The fourth-order valence-corrected chi connectivity index (χ4v) is 3.30. The lowest BCUT2D eigenvalue weighted by Crippen LogP contribution is -2.24. The molecule has 0 atom stereocenters. The summed E-state index contributed by atoms with van der Waals surface area (Å²) in [5, 5.41) is 25.3. The van der Waals surface area contributed by atoms with Crippen molar-refractivity contribution >= 4 is 5.91 Å². The van der Waals surface area contributed by atoms with Crippen LogP contribution in [0.3, 0.4) is 0 Å². The summed E-state index contributed by atoms with van der Waals surface area (Å²) in [4.78, 5) is 18.9. The lowest BCUT2D eigenvalue weighted by molar-refractivity contribution is 0.0952. The van der Waals surface area contributed by atoms with Crippen molar-refractivity contribution in [2.24, 2.45) is 0 Å². The maximum Gasteiger partial charge on any atom is 0.251 e. The second-order valence-electron chi connectivity index (χ2n) is 7.30. The van der Waals surface area contributed by atoms with Crippen LogP contribution < -0.4 is 5.32 Å². The molecule has 0 saturated carbocycles. The van der Waals surface area contributed by atoms with E-state index < -0.39 is 0 Å². The quantitative estimate of drug-likeness (QED) is 0.394. The van der Waals surface area contributed by atoms with Gasteiger partial charge in [0.1, 0.15) is 5.75 Å². The number of amides is 1. The van der Waals surface area contributed by atoms with E-state index in [0.29, 0.717) is 30.2 Å². The van der Waals surface area contributed by atoms with Crippen LogP contribution in [0.1, 0.15) is 35.9 Å². The van der Waals surface area contributed by atoms with Crippen molar-refractivity contribution in [1.82, 2.24) is 35.1 Å². The van der Waals surface area contributed by atoms with Gasteiger partial charge in [-0.25, -0.2) is 9.67 Å². The molecule has 0 aliphatic rings. The third kappa shape index (κ3) is 5.00. The van der Waals surface area contributed by atoms with Gasteiger partial charge in [0.15, 0.2) is 11.6 Å². The summed E-state index contributed by atoms with van der Waals surface area (Å²) < 4.78 is 1.74. The number of unbranched alkanes of at least 4 members (excludes halogenated alkanes) is 1. The van der Waals surface area contributed by atoms with Gasteiger partial charge < -0.3 is 10.4 Å². The predicted octanol–water partition coefficient (Wildman–Crippen LogP) is 3.00. The van der Waals surface area contributed by atoms with Gasteiger partial charge in [-0.2, -0.15) is 20.1 Å². The number of aromatic hydroxyl groups is 1. The SMILES string of the molecule is CCc1nc(-c2ccc(O)cc2)n(-c2cccc(C(=O)NCCCCn3nccn3)c2)n1. The third-order valence-corrected chi connectivity index (χ3v) is 4.98. The smallest absolute Gasteiger partial charge is 0.251 e. The Morgan fingerprint density at radius 3 is 2.59 bits per heavy atom. The van der Waals surface area contributed by atoms with E-state index in [4.69, 9.17) is 0 Å². The Bertz CT molecular complexity index is 1170. The molecule has 9 nitrogen and oxygen atoms in total. The van der Waals surface area contributed by atoms with E-state index in [2.05, 4.69) is 25.6 Å². The average Bonchev–Trinajstić information content (AvgIpc) is 3.49. The summed E-state index contributed by atoms with van der Waals surface area (Å²) >= 11 is 0. The molecule has 4 rings (SSSR count). The molecule has 0 fully saturated rings. The molecule has 0 unspecified atom stereocenters. The second-order valence-corrected chi connectivity index (χ2v) is 7.30. The van der Waals surface area contributed by atoms with Crippen molar-refractivity contribution in [3.8, 4) is 22.8 Å². The first-order chi connectivity index (χ1) is 15.6. The largest absolute Gasteiger partial charge is 0.508 e. The van der Waals surface area contributed by atoms with Gasteiger partial charge in [0, 0.05) is 24.1 Å². The fourth-order valence-electron chi connectivity index (χ4n) is 3.30. The number of rotatable bonds is 9. The molecular weight excluding hydrogens is 406 g/mol.